The minimum atomic E-state index is 0.202. The molecule has 16 heavy (non-hydrogen) atoms. The summed E-state index contributed by atoms with van der Waals surface area (Å²) in [5.41, 5.74) is 0. The van der Waals surface area contributed by atoms with Crippen LogP contribution in [0.4, 0.5) is 0 Å². The van der Waals surface area contributed by atoms with E-state index < -0.39 is 0 Å². The van der Waals surface area contributed by atoms with Crippen LogP contribution in [0.5, 0.6) is 0 Å². The number of hydrogen-bond acceptors (Lipinski definition) is 1. The summed E-state index contributed by atoms with van der Waals surface area (Å²) < 4.78 is 0. The van der Waals surface area contributed by atoms with Gasteiger partial charge in [-0.25, -0.2) is 0 Å². The summed E-state index contributed by atoms with van der Waals surface area (Å²) in [5.74, 6) is 0.435. The Morgan fingerprint density at radius 1 is 1.31 bits per heavy atom. The zero-order valence-electron chi connectivity index (χ0n) is 11.1. The number of halogens is 1. The Balaban J connectivity index is 3.99. The van der Waals surface area contributed by atoms with E-state index in [4.69, 9.17) is 0 Å². The normalized spacial score (nSPS) is 16.6. The minimum absolute atomic E-state index is 0.202. The zero-order chi connectivity index (χ0) is 12.6. The molecule has 96 valence electrons. The van der Waals surface area contributed by atoms with Gasteiger partial charge in [-0.1, -0.05) is 49.5 Å². The van der Waals surface area contributed by atoms with Gasteiger partial charge in [0.25, 0.3) is 0 Å². The molecule has 0 bridgehead atoms. The van der Waals surface area contributed by atoms with Crippen molar-refractivity contribution < 1.29 is 4.79 Å². The second kappa shape index (κ2) is 9.03. The second-order valence-electron chi connectivity index (χ2n) is 4.67. The second-order valence-corrected chi connectivity index (χ2v) is 6.24. The van der Waals surface area contributed by atoms with Crippen LogP contribution in [0.2, 0.25) is 0 Å². The highest BCUT2D eigenvalue weighted by Crippen LogP contribution is 2.14. The van der Waals surface area contributed by atoms with Crippen LogP contribution < -0.4 is 5.32 Å². The summed E-state index contributed by atoms with van der Waals surface area (Å²) in [6.45, 7) is 8.44. The molecule has 0 saturated carbocycles. The van der Waals surface area contributed by atoms with Crippen molar-refractivity contribution in [2.24, 2.45) is 5.92 Å². The van der Waals surface area contributed by atoms with E-state index in [-0.39, 0.29) is 17.9 Å². The van der Waals surface area contributed by atoms with Crippen molar-refractivity contribution in [2.75, 3.05) is 0 Å². The number of alkyl halides is 1. The lowest BCUT2D eigenvalue weighted by Crippen LogP contribution is -2.38. The molecule has 0 aliphatic carbocycles. The number of nitrogens with one attached hydrogen (secondary N) is 1. The average Bonchev–Trinajstić information content (AvgIpc) is 2.17. The maximum Gasteiger partial charge on any atom is 0.223 e. The Morgan fingerprint density at radius 2 is 1.94 bits per heavy atom. The van der Waals surface area contributed by atoms with Crippen molar-refractivity contribution in [1.82, 2.24) is 5.32 Å². The first-order valence-electron chi connectivity index (χ1n) is 6.45. The van der Waals surface area contributed by atoms with Crippen LogP contribution in [-0.2, 0) is 4.79 Å². The molecule has 0 aliphatic rings. The molecule has 2 nitrogen and oxygen atoms in total. The van der Waals surface area contributed by atoms with Gasteiger partial charge in [0.05, 0.1) is 0 Å². The predicted octanol–water partition coefficient (Wildman–Crippen LogP) is 3.88. The Morgan fingerprint density at radius 3 is 2.38 bits per heavy atom. The Bertz CT molecular complexity index is 194. The molecule has 1 amide bonds. The van der Waals surface area contributed by atoms with Crippen molar-refractivity contribution in [3.05, 3.63) is 0 Å². The van der Waals surface area contributed by atoms with E-state index >= 15 is 0 Å². The number of rotatable bonds is 8. The lowest BCUT2D eigenvalue weighted by Gasteiger charge is -2.20. The topological polar surface area (TPSA) is 29.1 Å². The summed E-state index contributed by atoms with van der Waals surface area (Å²) >= 11 is 3.51. The van der Waals surface area contributed by atoms with Gasteiger partial charge in [0.1, 0.15) is 0 Å². The van der Waals surface area contributed by atoms with E-state index in [0.29, 0.717) is 4.83 Å². The third-order valence-corrected chi connectivity index (χ3v) is 3.21. The number of hydrogen-bond donors (Lipinski definition) is 1. The Hall–Kier alpha value is -0.0500. The molecule has 0 heterocycles. The van der Waals surface area contributed by atoms with Crippen molar-refractivity contribution in [3.8, 4) is 0 Å². The summed E-state index contributed by atoms with van der Waals surface area (Å²) in [6, 6.07) is 0.262. The van der Waals surface area contributed by atoms with Gasteiger partial charge >= 0.3 is 0 Å². The van der Waals surface area contributed by atoms with Crippen molar-refractivity contribution in [2.45, 2.75) is 70.7 Å². The van der Waals surface area contributed by atoms with Crippen molar-refractivity contribution in [3.63, 3.8) is 0 Å². The maximum absolute atomic E-state index is 11.9. The molecule has 0 rings (SSSR count). The molecule has 0 saturated heterocycles. The van der Waals surface area contributed by atoms with E-state index in [2.05, 4.69) is 48.9 Å². The summed E-state index contributed by atoms with van der Waals surface area (Å²) in [6.07, 6.45) is 5.26. The van der Waals surface area contributed by atoms with E-state index in [9.17, 15) is 4.79 Å². The van der Waals surface area contributed by atoms with Crippen LogP contribution in [0.15, 0.2) is 0 Å². The molecular weight excluding hydrogens is 266 g/mol. The number of amides is 1. The first kappa shape index (κ1) is 16.0. The van der Waals surface area contributed by atoms with E-state index in [1.54, 1.807) is 0 Å². The number of unbranched alkanes of at least 4 members (excludes halogenated alkanes) is 1. The first-order chi connectivity index (χ1) is 7.51. The standard InChI is InChI=1S/C13H26BrNO/c1-5-7-8-12(6-2)13(16)15-11(4)9-10(3)14/h10-12H,5-9H2,1-4H3,(H,15,16). The SMILES string of the molecule is CCCCC(CC)C(=O)NC(C)CC(C)Br. The Labute approximate surface area is 109 Å². The molecule has 1 N–H and O–H groups in total. The van der Waals surface area contributed by atoms with Crippen LogP contribution >= 0.6 is 15.9 Å². The molecule has 0 aromatic carbocycles. The summed E-state index contributed by atoms with van der Waals surface area (Å²) in [4.78, 5) is 12.4. The van der Waals surface area contributed by atoms with Gasteiger partial charge in [-0.15, -0.1) is 0 Å². The molecule has 0 spiro atoms. The maximum atomic E-state index is 11.9. The monoisotopic (exact) mass is 291 g/mol. The Kier molecular flexibility index (Phi) is 9.00. The van der Waals surface area contributed by atoms with Crippen molar-refractivity contribution >= 4 is 21.8 Å². The van der Waals surface area contributed by atoms with Gasteiger partial charge in [0, 0.05) is 16.8 Å². The molecule has 0 fully saturated rings. The molecule has 0 aromatic heterocycles. The van der Waals surface area contributed by atoms with Gasteiger partial charge in [-0.05, 0) is 26.2 Å². The zero-order valence-corrected chi connectivity index (χ0v) is 12.6. The van der Waals surface area contributed by atoms with Gasteiger partial charge in [-0.2, -0.15) is 0 Å². The fraction of sp³-hybridized carbons (Fsp3) is 0.923. The first-order valence-corrected chi connectivity index (χ1v) is 7.37. The summed E-state index contributed by atoms with van der Waals surface area (Å²) in [5, 5.41) is 3.10. The lowest BCUT2D eigenvalue weighted by molar-refractivity contribution is -0.126. The highest BCUT2D eigenvalue weighted by Gasteiger charge is 2.17. The van der Waals surface area contributed by atoms with Crippen LogP contribution in [0.25, 0.3) is 0 Å². The molecular formula is C13H26BrNO. The molecule has 3 atom stereocenters. The number of carbonyl (C=O) groups excluding carboxylic acids is 1. The molecule has 0 aliphatic heterocycles. The van der Waals surface area contributed by atoms with Crippen LogP contribution in [0.3, 0.4) is 0 Å². The lowest BCUT2D eigenvalue weighted by atomic mass is 9.98. The van der Waals surface area contributed by atoms with Crippen LogP contribution in [0.1, 0.15) is 59.8 Å². The van der Waals surface area contributed by atoms with Crippen LogP contribution in [-0.4, -0.2) is 16.8 Å². The van der Waals surface area contributed by atoms with Crippen molar-refractivity contribution in [1.29, 1.82) is 0 Å². The third-order valence-electron chi connectivity index (χ3n) is 2.84. The van der Waals surface area contributed by atoms with Gasteiger partial charge in [0.15, 0.2) is 0 Å². The van der Waals surface area contributed by atoms with E-state index in [1.165, 1.54) is 0 Å². The highest BCUT2D eigenvalue weighted by atomic mass is 79.9. The molecule has 3 heteroatoms. The summed E-state index contributed by atoms with van der Waals surface area (Å²) in [7, 11) is 0. The minimum Gasteiger partial charge on any atom is -0.353 e. The molecule has 0 aromatic rings. The smallest absolute Gasteiger partial charge is 0.223 e. The fourth-order valence-electron chi connectivity index (χ4n) is 1.88. The fourth-order valence-corrected chi connectivity index (χ4v) is 2.44. The predicted molar refractivity (Wildman–Crippen MR) is 73.9 cm³/mol. The third kappa shape index (κ3) is 7.26. The number of carbonyl (C=O) groups is 1. The van der Waals surface area contributed by atoms with Crippen LogP contribution in [0, 0.1) is 5.92 Å². The van der Waals surface area contributed by atoms with Gasteiger partial charge in [-0.3, -0.25) is 4.79 Å². The van der Waals surface area contributed by atoms with Gasteiger partial charge in [0.2, 0.25) is 5.91 Å². The quantitative estimate of drug-likeness (QED) is 0.676. The van der Waals surface area contributed by atoms with Gasteiger partial charge < -0.3 is 5.32 Å². The average molecular weight is 292 g/mol. The molecule has 3 unspecified atom stereocenters. The largest absolute Gasteiger partial charge is 0.353 e. The van der Waals surface area contributed by atoms with E-state index in [0.717, 1.165) is 32.1 Å². The highest BCUT2D eigenvalue weighted by molar-refractivity contribution is 9.09. The van der Waals surface area contributed by atoms with E-state index in [1.807, 2.05) is 0 Å². The molecule has 0 radical (unpaired) electrons.